The van der Waals surface area contributed by atoms with Crippen LogP contribution < -0.4 is 10.2 Å². The van der Waals surface area contributed by atoms with Crippen molar-refractivity contribution in [2.75, 3.05) is 20.2 Å². The summed E-state index contributed by atoms with van der Waals surface area (Å²) in [5, 5.41) is 3.99. The number of carbonyl (C=O) groups is 1. The van der Waals surface area contributed by atoms with Gasteiger partial charge in [-0.05, 0) is 66.9 Å². The quantitative estimate of drug-likeness (QED) is 0.509. The first-order valence-corrected chi connectivity index (χ1v) is 11.4. The van der Waals surface area contributed by atoms with Crippen molar-refractivity contribution in [2.24, 2.45) is 11.0 Å². The molecule has 2 aromatic rings. The van der Waals surface area contributed by atoms with E-state index < -0.39 is 10.0 Å². The Morgan fingerprint density at radius 2 is 1.76 bits per heavy atom. The molecule has 154 valence electrons. The van der Waals surface area contributed by atoms with Gasteiger partial charge in [0.25, 0.3) is 0 Å². The van der Waals surface area contributed by atoms with E-state index in [1.54, 1.807) is 37.6 Å². The molecule has 0 atom stereocenters. The maximum atomic E-state index is 12.7. The highest BCUT2D eigenvalue weighted by molar-refractivity contribution is 9.10. The summed E-state index contributed by atoms with van der Waals surface area (Å²) in [7, 11) is -1.95. The Labute approximate surface area is 178 Å². The number of halogens is 1. The third-order valence-electron chi connectivity index (χ3n) is 4.78. The molecule has 1 aliphatic rings. The van der Waals surface area contributed by atoms with Crippen LogP contribution in [-0.2, 0) is 14.8 Å². The Hall–Kier alpha value is -2.23. The zero-order valence-corrected chi connectivity index (χ0v) is 18.3. The number of hydrogen-bond donors (Lipinski definition) is 1. The average molecular weight is 480 g/mol. The van der Waals surface area contributed by atoms with E-state index in [-0.39, 0.29) is 16.7 Å². The molecule has 1 N–H and O–H groups in total. The molecule has 2 aromatic carbocycles. The molecule has 0 unspecified atom stereocenters. The molecular weight excluding hydrogens is 458 g/mol. The van der Waals surface area contributed by atoms with E-state index >= 15 is 0 Å². The van der Waals surface area contributed by atoms with Gasteiger partial charge in [-0.25, -0.2) is 13.8 Å². The van der Waals surface area contributed by atoms with Crippen LogP contribution in [0.3, 0.4) is 0 Å². The van der Waals surface area contributed by atoms with E-state index in [4.69, 9.17) is 4.74 Å². The lowest BCUT2D eigenvalue weighted by Gasteiger charge is -2.30. The number of piperidine rings is 1. The van der Waals surface area contributed by atoms with Crippen LogP contribution in [0.1, 0.15) is 18.4 Å². The van der Waals surface area contributed by atoms with Crippen LogP contribution >= 0.6 is 15.9 Å². The number of hydrogen-bond acceptors (Lipinski definition) is 5. The monoisotopic (exact) mass is 479 g/mol. The number of methoxy groups -OCH3 is 1. The van der Waals surface area contributed by atoms with Gasteiger partial charge < -0.3 is 4.74 Å². The lowest BCUT2D eigenvalue weighted by molar-refractivity contribution is -0.126. The molecule has 3 rings (SSSR count). The summed E-state index contributed by atoms with van der Waals surface area (Å²) in [5.41, 5.74) is 3.38. The second kappa shape index (κ2) is 9.51. The highest BCUT2D eigenvalue weighted by atomic mass is 79.9. The zero-order chi connectivity index (χ0) is 20.9. The van der Waals surface area contributed by atoms with Gasteiger partial charge in [-0.2, -0.15) is 9.41 Å². The van der Waals surface area contributed by atoms with E-state index in [2.05, 4.69) is 26.5 Å². The van der Waals surface area contributed by atoms with E-state index in [1.807, 2.05) is 24.3 Å². The van der Waals surface area contributed by atoms with Crippen molar-refractivity contribution in [2.45, 2.75) is 17.7 Å². The molecule has 7 nitrogen and oxygen atoms in total. The van der Waals surface area contributed by atoms with Crippen molar-refractivity contribution in [3.8, 4) is 5.75 Å². The number of nitrogens with zero attached hydrogens (tertiary/aromatic N) is 2. The van der Waals surface area contributed by atoms with Crippen molar-refractivity contribution in [3.63, 3.8) is 0 Å². The number of carbonyl (C=O) groups excluding carboxylic acids is 1. The van der Waals surface area contributed by atoms with Gasteiger partial charge in [-0.1, -0.05) is 15.9 Å². The van der Waals surface area contributed by atoms with E-state index in [1.165, 1.54) is 4.31 Å². The highest BCUT2D eigenvalue weighted by Crippen LogP contribution is 2.25. The smallest absolute Gasteiger partial charge is 0.243 e. The number of nitrogens with one attached hydrogen (secondary N) is 1. The summed E-state index contributed by atoms with van der Waals surface area (Å²) >= 11 is 3.30. The minimum atomic E-state index is -3.55. The molecule has 0 spiro atoms. The van der Waals surface area contributed by atoms with Crippen LogP contribution in [0, 0.1) is 5.92 Å². The largest absolute Gasteiger partial charge is 0.497 e. The fraction of sp³-hybridized carbons (Fsp3) is 0.300. The number of ether oxygens (including phenoxy) is 1. The molecule has 1 aliphatic heterocycles. The summed E-state index contributed by atoms with van der Waals surface area (Å²) in [6, 6.07) is 13.8. The molecular formula is C20H22BrN3O4S. The van der Waals surface area contributed by atoms with E-state index in [0.29, 0.717) is 25.9 Å². The van der Waals surface area contributed by atoms with Gasteiger partial charge in [0.1, 0.15) is 5.75 Å². The summed E-state index contributed by atoms with van der Waals surface area (Å²) < 4.78 is 32.8. The van der Waals surface area contributed by atoms with Crippen LogP contribution in [0.15, 0.2) is 63.0 Å². The summed E-state index contributed by atoms with van der Waals surface area (Å²) in [6.45, 7) is 0.608. The highest BCUT2D eigenvalue weighted by Gasteiger charge is 2.32. The Bertz CT molecular complexity index is 968. The second-order valence-electron chi connectivity index (χ2n) is 6.64. The summed E-state index contributed by atoms with van der Waals surface area (Å²) in [6.07, 6.45) is 2.48. The number of hydrazone groups is 1. The fourth-order valence-corrected chi connectivity index (χ4v) is 4.80. The van der Waals surface area contributed by atoms with Gasteiger partial charge in [0.05, 0.1) is 18.2 Å². The van der Waals surface area contributed by atoms with Gasteiger partial charge in [0, 0.05) is 23.5 Å². The van der Waals surface area contributed by atoms with Crippen LogP contribution in [0.5, 0.6) is 5.75 Å². The van der Waals surface area contributed by atoms with E-state index in [9.17, 15) is 13.2 Å². The van der Waals surface area contributed by atoms with Crippen molar-refractivity contribution in [1.29, 1.82) is 0 Å². The van der Waals surface area contributed by atoms with Crippen molar-refractivity contribution < 1.29 is 17.9 Å². The van der Waals surface area contributed by atoms with Crippen LogP contribution in [0.25, 0.3) is 0 Å². The Morgan fingerprint density at radius 3 is 2.34 bits per heavy atom. The molecule has 1 saturated heterocycles. The molecule has 0 saturated carbocycles. The normalized spacial score (nSPS) is 16.1. The van der Waals surface area contributed by atoms with Gasteiger partial charge in [-0.3, -0.25) is 4.79 Å². The average Bonchev–Trinajstić information content (AvgIpc) is 2.74. The third-order valence-corrected chi connectivity index (χ3v) is 7.22. The molecule has 0 radical (unpaired) electrons. The predicted molar refractivity (Wildman–Crippen MR) is 114 cm³/mol. The van der Waals surface area contributed by atoms with Gasteiger partial charge in [-0.15, -0.1) is 0 Å². The topological polar surface area (TPSA) is 88.1 Å². The lowest BCUT2D eigenvalue weighted by atomic mass is 9.98. The van der Waals surface area contributed by atoms with Crippen molar-refractivity contribution >= 4 is 38.1 Å². The first-order chi connectivity index (χ1) is 13.9. The summed E-state index contributed by atoms with van der Waals surface area (Å²) in [4.78, 5) is 12.6. The molecule has 1 amide bonds. The molecule has 29 heavy (non-hydrogen) atoms. The molecule has 1 fully saturated rings. The van der Waals surface area contributed by atoms with Crippen LogP contribution in [0.2, 0.25) is 0 Å². The minimum absolute atomic E-state index is 0.199. The zero-order valence-electron chi connectivity index (χ0n) is 15.9. The maximum absolute atomic E-state index is 12.7. The molecule has 0 aromatic heterocycles. The van der Waals surface area contributed by atoms with Gasteiger partial charge >= 0.3 is 0 Å². The number of rotatable bonds is 6. The number of amides is 1. The Kier molecular flexibility index (Phi) is 7.05. The maximum Gasteiger partial charge on any atom is 0.243 e. The minimum Gasteiger partial charge on any atom is -0.497 e. The van der Waals surface area contributed by atoms with Gasteiger partial charge in [0.2, 0.25) is 15.9 Å². The lowest BCUT2D eigenvalue weighted by Crippen LogP contribution is -2.42. The number of benzene rings is 2. The Balaban J connectivity index is 1.52. The standard InChI is InChI=1S/C20H22BrN3O4S/c1-28-18-6-2-15(3-7-18)14-22-23-20(25)16-10-12-24(13-11-16)29(26,27)19-8-4-17(21)5-9-19/h2-9,14,16H,10-13H2,1H3,(H,23,25)/b22-14-. The van der Waals surface area contributed by atoms with E-state index in [0.717, 1.165) is 15.8 Å². The summed E-state index contributed by atoms with van der Waals surface area (Å²) in [5.74, 6) is 0.283. The second-order valence-corrected chi connectivity index (χ2v) is 9.49. The molecule has 9 heteroatoms. The van der Waals surface area contributed by atoms with Gasteiger partial charge in [0.15, 0.2) is 0 Å². The SMILES string of the molecule is COc1ccc(/C=N\NC(=O)C2CCN(S(=O)(=O)c3ccc(Br)cc3)CC2)cc1. The van der Waals surface area contributed by atoms with Crippen LogP contribution in [-0.4, -0.2) is 45.0 Å². The van der Waals surface area contributed by atoms with Crippen molar-refractivity contribution in [1.82, 2.24) is 9.73 Å². The first-order valence-electron chi connectivity index (χ1n) is 9.13. The molecule has 1 heterocycles. The third kappa shape index (κ3) is 5.43. The number of sulfonamides is 1. The molecule has 0 bridgehead atoms. The van der Waals surface area contributed by atoms with Crippen molar-refractivity contribution in [3.05, 3.63) is 58.6 Å². The Morgan fingerprint density at radius 1 is 1.14 bits per heavy atom. The predicted octanol–water partition coefficient (Wildman–Crippen LogP) is 3.01. The fourth-order valence-electron chi connectivity index (χ4n) is 3.07. The van der Waals surface area contributed by atoms with Crippen LogP contribution in [0.4, 0.5) is 0 Å². The molecule has 0 aliphatic carbocycles. The first kappa shape index (κ1) is 21.5.